The maximum atomic E-state index is 5.20. The molecule has 0 saturated heterocycles. The van der Waals surface area contributed by atoms with Crippen LogP contribution in [0.25, 0.3) is 11.1 Å². The van der Waals surface area contributed by atoms with Crippen LogP contribution in [-0.2, 0) is 0 Å². The number of hydrogen-bond acceptors (Lipinski definition) is 3. The van der Waals surface area contributed by atoms with E-state index in [2.05, 4.69) is 90.4 Å². The third-order valence-corrected chi connectivity index (χ3v) is 4.82. The second-order valence-corrected chi connectivity index (χ2v) is 7.00. The van der Waals surface area contributed by atoms with Crippen molar-refractivity contribution in [3.63, 3.8) is 0 Å². The molecule has 29 heavy (non-hydrogen) atoms. The summed E-state index contributed by atoms with van der Waals surface area (Å²) < 4.78 is 5.20. The first-order valence-corrected chi connectivity index (χ1v) is 9.65. The number of ether oxygens (including phenoxy) is 1. The molecular weight excluding hydrogens is 356 g/mol. The van der Waals surface area contributed by atoms with E-state index in [4.69, 9.17) is 4.74 Å². The van der Waals surface area contributed by atoms with Crippen LogP contribution in [0.15, 0.2) is 97.1 Å². The largest absolute Gasteiger partial charge is 0.497 e. The third-order valence-electron chi connectivity index (χ3n) is 4.82. The Hall–Kier alpha value is -3.72. The number of methoxy groups -OCH3 is 1. The van der Waals surface area contributed by atoms with Gasteiger partial charge in [-0.05, 0) is 78.7 Å². The number of hydrogen-bond donors (Lipinski definition) is 2. The fraction of sp³-hybridized carbons (Fsp3) is 0.0769. The molecule has 0 aliphatic carbocycles. The van der Waals surface area contributed by atoms with Gasteiger partial charge in [-0.3, -0.25) is 0 Å². The summed E-state index contributed by atoms with van der Waals surface area (Å²) in [5.41, 5.74) is 7.90. The lowest BCUT2D eigenvalue weighted by Crippen LogP contribution is -1.91. The molecule has 3 nitrogen and oxygen atoms in total. The Labute approximate surface area is 172 Å². The van der Waals surface area contributed by atoms with Crippen LogP contribution in [0.4, 0.5) is 22.7 Å². The predicted octanol–water partition coefficient (Wildman–Crippen LogP) is 7.16. The number of benzene rings is 4. The maximum Gasteiger partial charge on any atom is 0.119 e. The molecule has 4 rings (SSSR count). The van der Waals surface area contributed by atoms with Crippen LogP contribution in [0.3, 0.4) is 0 Å². The third kappa shape index (κ3) is 4.77. The van der Waals surface area contributed by atoms with E-state index in [0.717, 1.165) is 28.5 Å². The minimum Gasteiger partial charge on any atom is -0.497 e. The molecule has 0 saturated carbocycles. The van der Waals surface area contributed by atoms with Crippen molar-refractivity contribution in [3.05, 3.63) is 103 Å². The lowest BCUT2D eigenvalue weighted by Gasteiger charge is -2.10. The molecule has 0 fully saturated rings. The molecule has 0 spiro atoms. The Morgan fingerprint density at radius 2 is 0.828 bits per heavy atom. The second kappa shape index (κ2) is 8.53. The molecule has 0 aliphatic rings. The Kier molecular flexibility index (Phi) is 5.48. The predicted molar refractivity (Wildman–Crippen MR) is 123 cm³/mol. The smallest absolute Gasteiger partial charge is 0.119 e. The summed E-state index contributed by atoms with van der Waals surface area (Å²) >= 11 is 0. The average Bonchev–Trinajstić information content (AvgIpc) is 2.77. The van der Waals surface area contributed by atoms with E-state index in [1.54, 1.807) is 7.11 Å². The van der Waals surface area contributed by atoms with Gasteiger partial charge in [0.1, 0.15) is 5.75 Å². The molecule has 0 bridgehead atoms. The van der Waals surface area contributed by atoms with E-state index >= 15 is 0 Å². The lowest BCUT2D eigenvalue weighted by atomic mass is 10.0. The molecule has 0 amide bonds. The molecule has 0 atom stereocenters. The minimum atomic E-state index is 0.853. The van der Waals surface area contributed by atoms with Gasteiger partial charge in [-0.1, -0.05) is 42.0 Å². The van der Waals surface area contributed by atoms with Crippen molar-refractivity contribution < 1.29 is 4.74 Å². The van der Waals surface area contributed by atoms with Gasteiger partial charge in [0.05, 0.1) is 7.11 Å². The van der Waals surface area contributed by atoms with Gasteiger partial charge in [0.15, 0.2) is 0 Å². The van der Waals surface area contributed by atoms with Gasteiger partial charge in [-0.25, -0.2) is 0 Å². The molecule has 0 radical (unpaired) electrons. The van der Waals surface area contributed by atoms with Gasteiger partial charge in [0.25, 0.3) is 0 Å². The van der Waals surface area contributed by atoms with Crippen LogP contribution in [0.2, 0.25) is 0 Å². The quantitative estimate of drug-likeness (QED) is 0.372. The van der Waals surface area contributed by atoms with E-state index < -0.39 is 0 Å². The Morgan fingerprint density at radius 1 is 0.483 bits per heavy atom. The molecule has 3 heteroatoms. The van der Waals surface area contributed by atoms with Crippen LogP contribution in [0, 0.1) is 6.92 Å². The summed E-state index contributed by atoms with van der Waals surface area (Å²) in [5, 5.41) is 6.84. The molecule has 4 aromatic rings. The van der Waals surface area contributed by atoms with Gasteiger partial charge in [-0.15, -0.1) is 0 Å². The zero-order chi connectivity index (χ0) is 20.1. The summed E-state index contributed by atoms with van der Waals surface area (Å²) in [6, 6.07) is 33.3. The normalized spacial score (nSPS) is 10.4. The van der Waals surface area contributed by atoms with Gasteiger partial charge >= 0.3 is 0 Å². The first-order valence-electron chi connectivity index (χ1n) is 9.65. The Morgan fingerprint density at radius 3 is 1.21 bits per heavy atom. The molecular formula is C26H24N2O. The highest BCUT2D eigenvalue weighted by Crippen LogP contribution is 2.26. The SMILES string of the molecule is COc1ccc(Nc2ccc(-c3ccc(Nc4ccc(C)cc4)cc3)cc2)cc1. The zero-order valence-corrected chi connectivity index (χ0v) is 16.6. The van der Waals surface area contributed by atoms with E-state index in [9.17, 15) is 0 Å². The van der Waals surface area contributed by atoms with Crippen molar-refractivity contribution in [2.24, 2.45) is 0 Å². The highest BCUT2D eigenvalue weighted by atomic mass is 16.5. The van der Waals surface area contributed by atoms with Crippen LogP contribution >= 0.6 is 0 Å². The van der Waals surface area contributed by atoms with Gasteiger partial charge in [0, 0.05) is 22.7 Å². The van der Waals surface area contributed by atoms with Crippen molar-refractivity contribution in [2.75, 3.05) is 17.7 Å². The molecule has 2 N–H and O–H groups in total. The van der Waals surface area contributed by atoms with E-state index in [-0.39, 0.29) is 0 Å². The Bertz CT molecular complexity index is 1050. The topological polar surface area (TPSA) is 33.3 Å². The summed E-state index contributed by atoms with van der Waals surface area (Å²) in [5.74, 6) is 0.853. The van der Waals surface area contributed by atoms with Gasteiger partial charge in [-0.2, -0.15) is 0 Å². The summed E-state index contributed by atoms with van der Waals surface area (Å²) in [6.07, 6.45) is 0. The molecule has 0 aromatic heterocycles. The van der Waals surface area contributed by atoms with E-state index in [1.165, 1.54) is 16.7 Å². The summed E-state index contributed by atoms with van der Waals surface area (Å²) in [4.78, 5) is 0. The van der Waals surface area contributed by atoms with E-state index in [0.29, 0.717) is 0 Å². The molecule has 4 aromatic carbocycles. The molecule has 0 heterocycles. The van der Waals surface area contributed by atoms with Crippen molar-refractivity contribution in [3.8, 4) is 16.9 Å². The molecule has 144 valence electrons. The molecule has 0 aliphatic heterocycles. The first kappa shape index (κ1) is 18.6. The van der Waals surface area contributed by atoms with Gasteiger partial charge in [0.2, 0.25) is 0 Å². The monoisotopic (exact) mass is 380 g/mol. The van der Waals surface area contributed by atoms with Crippen molar-refractivity contribution in [2.45, 2.75) is 6.92 Å². The van der Waals surface area contributed by atoms with Crippen molar-refractivity contribution >= 4 is 22.7 Å². The first-order chi connectivity index (χ1) is 14.2. The number of nitrogens with one attached hydrogen (secondary N) is 2. The highest BCUT2D eigenvalue weighted by Gasteiger charge is 2.01. The fourth-order valence-electron chi connectivity index (χ4n) is 3.14. The van der Waals surface area contributed by atoms with Crippen molar-refractivity contribution in [1.82, 2.24) is 0 Å². The lowest BCUT2D eigenvalue weighted by molar-refractivity contribution is 0.415. The highest BCUT2D eigenvalue weighted by molar-refractivity contribution is 5.71. The van der Waals surface area contributed by atoms with Crippen LogP contribution < -0.4 is 15.4 Å². The summed E-state index contributed by atoms with van der Waals surface area (Å²) in [6.45, 7) is 2.09. The Balaban J connectivity index is 1.42. The van der Waals surface area contributed by atoms with Crippen LogP contribution in [-0.4, -0.2) is 7.11 Å². The van der Waals surface area contributed by atoms with Gasteiger partial charge < -0.3 is 15.4 Å². The van der Waals surface area contributed by atoms with Crippen LogP contribution in [0.5, 0.6) is 5.75 Å². The molecule has 0 unspecified atom stereocenters. The number of rotatable bonds is 6. The number of aryl methyl sites for hydroxylation is 1. The fourth-order valence-corrected chi connectivity index (χ4v) is 3.14. The second-order valence-electron chi connectivity index (χ2n) is 7.00. The maximum absolute atomic E-state index is 5.20. The zero-order valence-electron chi connectivity index (χ0n) is 16.6. The number of anilines is 4. The van der Waals surface area contributed by atoms with Crippen LogP contribution in [0.1, 0.15) is 5.56 Å². The summed E-state index contributed by atoms with van der Waals surface area (Å²) in [7, 11) is 1.67. The van der Waals surface area contributed by atoms with E-state index in [1.807, 2.05) is 24.3 Å². The standard InChI is InChI=1S/C26H24N2O/c1-19-3-9-22(10-4-19)27-23-11-5-20(6-12-23)21-7-13-24(14-8-21)28-25-15-17-26(29-2)18-16-25/h3-18,27-28H,1-2H3. The minimum absolute atomic E-state index is 0.853. The van der Waals surface area contributed by atoms with Crippen molar-refractivity contribution in [1.29, 1.82) is 0 Å². The average molecular weight is 380 g/mol.